The Kier molecular flexibility index (Phi) is 3.16. The van der Waals surface area contributed by atoms with E-state index in [1.165, 1.54) is 10.9 Å². The van der Waals surface area contributed by atoms with Gasteiger partial charge in [-0.2, -0.15) is 0 Å². The number of amides is 1. The molecule has 3 nitrogen and oxygen atoms in total. The summed E-state index contributed by atoms with van der Waals surface area (Å²) < 4.78 is 0. The van der Waals surface area contributed by atoms with Gasteiger partial charge >= 0.3 is 0 Å². The summed E-state index contributed by atoms with van der Waals surface area (Å²) in [5.41, 5.74) is 4.18. The molecule has 0 fully saturated rings. The standard InChI is InChI=1S/C18H15ClN2O/c19-15-7-3-1-6-14(15)18(22)21-10-9-13-12-5-2-4-8-16(12)20-17(13)11-21/h1-8,20H,9-11H2. The molecule has 0 spiro atoms. The Balaban J connectivity index is 1.67. The molecule has 4 rings (SSSR count). The smallest absolute Gasteiger partial charge is 0.255 e. The predicted molar refractivity (Wildman–Crippen MR) is 88.2 cm³/mol. The summed E-state index contributed by atoms with van der Waals surface area (Å²) in [6, 6.07) is 15.5. The maximum absolute atomic E-state index is 12.7. The SMILES string of the molecule is O=C(c1ccccc1Cl)N1CCc2c([nH]c3ccccc23)C1. The number of benzene rings is 2. The van der Waals surface area contributed by atoms with E-state index in [1.54, 1.807) is 12.1 Å². The third kappa shape index (κ3) is 2.09. The van der Waals surface area contributed by atoms with Crippen molar-refractivity contribution in [2.24, 2.45) is 0 Å². The number of fused-ring (bicyclic) bond motifs is 3. The van der Waals surface area contributed by atoms with Gasteiger partial charge in [0, 0.05) is 23.1 Å². The van der Waals surface area contributed by atoms with E-state index in [4.69, 9.17) is 11.6 Å². The van der Waals surface area contributed by atoms with Crippen LogP contribution in [0.1, 0.15) is 21.6 Å². The summed E-state index contributed by atoms with van der Waals surface area (Å²) in [6.07, 6.45) is 0.871. The molecule has 1 aliphatic heterocycles. The van der Waals surface area contributed by atoms with E-state index in [0.29, 0.717) is 17.1 Å². The van der Waals surface area contributed by atoms with E-state index in [0.717, 1.165) is 24.2 Å². The molecule has 110 valence electrons. The quantitative estimate of drug-likeness (QED) is 0.724. The summed E-state index contributed by atoms with van der Waals surface area (Å²) in [5, 5.41) is 1.78. The second-order valence-corrected chi connectivity index (χ2v) is 5.99. The van der Waals surface area contributed by atoms with Crippen molar-refractivity contribution in [3.05, 3.63) is 70.4 Å². The molecule has 1 amide bonds. The highest BCUT2D eigenvalue weighted by molar-refractivity contribution is 6.33. The van der Waals surface area contributed by atoms with Crippen molar-refractivity contribution in [2.45, 2.75) is 13.0 Å². The fourth-order valence-corrected chi connectivity index (χ4v) is 3.39. The average molecular weight is 311 g/mol. The third-order valence-electron chi connectivity index (χ3n) is 4.27. The van der Waals surface area contributed by atoms with Gasteiger partial charge in [-0.15, -0.1) is 0 Å². The molecule has 0 atom stereocenters. The summed E-state index contributed by atoms with van der Waals surface area (Å²) >= 11 is 6.15. The van der Waals surface area contributed by atoms with E-state index in [-0.39, 0.29) is 5.91 Å². The van der Waals surface area contributed by atoms with Crippen LogP contribution in [0, 0.1) is 0 Å². The summed E-state index contributed by atoms with van der Waals surface area (Å²) in [7, 11) is 0. The highest BCUT2D eigenvalue weighted by Crippen LogP contribution is 2.28. The van der Waals surface area contributed by atoms with Gasteiger partial charge in [0.1, 0.15) is 0 Å². The largest absolute Gasteiger partial charge is 0.357 e. The lowest BCUT2D eigenvalue weighted by molar-refractivity contribution is 0.0733. The Labute approximate surface area is 133 Å². The number of para-hydroxylation sites is 1. The molecule has 1 N–H and O–H groups in total. The first-order valence-corrected chi connectivity index (χ1v) is 7.74. The van der Waals surface area contributed by atoms with Crippen molar-refractivity contribution < 1.29 is 4.79 Å². The van der Waals surface area contributed by atoms with Crippen LogP contribution in [0.5, 0.6) is 0 Å². The Bertz CT molecular complexity index is 868. The highest BCUT2D eigenvalue weighted by atomic mass is 35.5. The van der Waals surface area contributed by atoms with Crippen LogP contribution in [0.15, 0.2) is 48.5 Å². The van der Waals surface area contributed by atoms with Gasteiger partial charge in [-0.1, -0.05) is 41.9 Å². The van der Waals surface area contributed by atoms with Gasteiger partial charge < -0.3 is 9.88 Å². The number of carbonyl (C=O) groups excluding carboxylic acids is 1. The first kappa shape index (κ1) is 13.4. The normalized spacial score (nSPS) is 14.1. The minimum absolute atomic E-state index is 0.00472. The van der Waals surface area contributed by atoms with Gasteiger partial charge in [0.15, 0.2) is 0 Å². The molecular formula is C18H15ClN2O. The third-order valence-corrected chi connectivity index (χ3v) is 4.60. The molecule has 2 aromatic carbocycles. The van der Waals surface area contributed by atoms with Crippen LogP contribution >= 0.6 is 11.6 Å². The maximum Gasteiger partial charge on any atom is 0.255 e. The van der Waals surface area contributed by atoms with Crippen LogP contribution in [0.4, 0.5) is 0 Å². The number of hydrogen-bond acceptors (Lipinski definition) is 1. The minimum atomic E-state index is -0.00472. The number of aromatic nitrogens is 1. The topological polar surface area (TPSA) is 36.1 Å². The molecule has 1 aromatic heterocycles. The molecule has 4 heteroatoms. The molecule has 0 unspecified atom stereocenters. The van der Waals surface area contributed by atoms with Crippen molar-refractivity contribution in [1.82, 2.24) is 9.88 Å². The lowest BCUT2D eigenvalue weighted by atomic mass is 10.0. The number of rotatable bonds is 1. The van der Waals surface area contributed by atoms with E-state index in [1.807, 2.05) is 23.1 Å². The molecule has 0 saturated heterocycles. The number of hydrogen-bond donors (Lipinski definition) is 1. The molecule has 22 heavy (non-hydrogen) atoms. The van der Waals surface area contributed by atoms with Gasteiger partial charge in [0.2, 0.25) is 0 Å². The summed E-state index contributed by atoms with van der Waals surface area (Å²) in [5.74, 6) is -0.00472. The minimum Gasteiger partial charge on any atom is -0.357 e. The van der Waals surface area contributed by atoms with Gasteiger partial charge in [-0.05, 0) is 30.2 Å². The molecule has 0 saturated carbocycles. The Morgan fingerprint density at radius 3 is 2.73 bits per heavy atom. The van der Waals surface area contributed by atoms with Gasteiger partial charge in [0.25, 0.3) is 5.91 Å². The van der Waals surface area contributed by atoms with E-state index in [2.05, 4.69) is 23.2 Å². The number of halogens is 1. The highest BCUT2D eigenvalue weighted by Gasteiger charge is 2.25. The zero-order chi connectivity index (χ0) is 15.1. The zero-order valence-corrected chi connectivity index (χ0v) is 12.7. The van der Waals surface area contributed by atoms with Crippen LogP contribution < -0.4 is 0 Å². The molecule has 2 heterocycles. The molecule has 0 aliphatic carbocycles. The van der Waals surface area contributed by atoms with E-state index in [9.17, 15) is 4.79 Å². The van der Waals surface area contributed by atoms with Crippen molar-refractivity contribution in [1.29, 1.82) is 0 Å². The summed E-state index contributed by atoms with van der Waals surface area (Å²) in [4.78, 5) is 18.0. The van der Waals surface area contributed by atoms with Crippen LogP contribution in [-0.4, -0.2) is 22.3 Å². The number of aromatic amines is 1. The zero-order valence-electron chi connectivity index (χ0n) is 12.0. The maximum atomic E-state index is 12.7. The second-order valence-electron chi connectivity index (χ2n) is 5.58. The predicted octanol–water partition coefficient (Wildman–Crippen LogP) is 4.02. The van der Waals surface area contributed by atoms with Crippen LogP contribution in [-0.2, 0) is 13.0 Å². The number of carbonyl (C=O) groups is 1. The average Bonchev–Trinajstić information content (AvgIpc) is 2.92. The van der Waals surface area contributed by atoms with Crippen molar-refractivity contribution in [2.75, 3.05) is 6.54 Å². The van der Waals surface area contributed by atoms with Crippen LogP contribution in [0.2, 0.25) is 5.02 Å². The van der Waals surface area contributed by atoms with E-state index < -0.39 is 0 Å². The Morgan fingerprint density at radius 2 is 1.86 bits per heavy atom. The molecule has 0 radical (unpaired) electrons. The van der Waals surface area contributed by atoms with Crippen molar-refractivity contribution in [3.8, 4) is 0 Å². The fraction of sp³-hybridized carbons (Fsp3) is 0.167. The first-order chi connectivity index (χ1) is 10.7. The molecular weight excluding hydrogens is 296 g/mol. The van der Waals surface area contributed by atoms with Gasteiger partial charge in [0.05, 0.1) is 17.1 Å². The second kappa shape index (κ2) is 5.18. The van der Waals surface area contributed by atoms with Crippen molar-refractivity contribution in [3.63, 3.8) is 0 Å². The van der Waals surface area contributed by atoms with Gasteiger partial charge in [-0.25, -0.2) is 0 Å². The molecule has 3 aromatic rings. The molecule has 0 bridgehead atoms. The Hall–Kier alpha value is -2.26. The summed E-state index contributed by atoms with van der Waals surface area (Å²) in [6.45, 7) is 1.33. The van der Waals surface area contributed by atoms with Gasteiger partial charge in [-0.3, -0.25) is 4.79 Å². The first-order valence-electron chi connectivity index (χ1n) is 7.36. The fourth-order valence-electron chi connectivity index (χ4n) is 3.17. The number of nitrogens with one attached hydrogen (secondary N) is 1. The Morgan fingerprint density at radius 1 is 1.09 bits per heavy atom. The molecule has 1 aliphatic rings. The number of nitrogens with zero attached hydrogens (tertiary/aromatic N) is 1. The monoisotopic (exact) mass is 310 g/mol. The van der Waals surface area contributed by atoms with E-state index >= 15 is 0 Å². The lowest BCUT2D eigenvalue weighted by Crippen LogP contribution is -2.36. The van der Waals surface area contributed by atoms with Crippen LogP contribution in [0.3, 0.4) is 0 Å². The lowest BCUT2D eigenvalue weighted by Gasteiger charge is -2.27. The van der Waals surface area contributed by atoms with Crippen molar-refractivity contribution >= 4 is 28.4 Å². The number of H-pyrrole nitrogens is 1. The van der Waals surface area contributed by atoms with Crippen LogP contribution in [0.25, 0.3) is 10.9 Å².